The molecule has 2 heterocycles. The van der Waals surface area contributed by atoms with Gasteiger partial charge in [-0.25, -0.2) is 0 Å². The van der Waals surface area contributed by atoms with Crippen molar-refractivity contribution in [3.63, 3.8) is 0 Å². The van der Waals surface area contributed by atoms with Crippen LogP contribution in [0, 0.1) is 6.92 Å². The van der Waals surface area contributed by atoms with Gasteiger partial charge in [0, 0.05) is 37.4 Å². The van der Waals surface area contributed by atoms with Gasteiger partial charge in [-0.05, 0) is 43.4 Å². The second-order valence-corrected chi connectivity index (χ2v) is 6.73. The Balaban J connectivity index is 1.42. The molecule has 1 saturated heterocycles. The summed E-state index contributed by atoms with van der Waals surface area (Å²) in [6.07, 6.45) is 4.09. The van der Waals surface area contributed by atoms with Crippen molar-refractivity contribution in [1.82, 2.24) is 15.1 Å². The van der Waals surface area contributed by atoms with Crippen molar-refractivity contribution in [2.45, 2.75) is 44.9 Å². The van der Waals surface area contributed by atoms with E-state index in [1.54, 1.807) is 6.92 Å². The summed E-state index contributed by atoms with van der Waals surface area (Å²) in [5.74, 6) is 1.82. The Morgan fingerprint density at radius 3 is 2.79 bits per heavy atom. The molecule has 0 bridgehead atoms. The van der Waals surface area contributed by atoms with Gasteiger partial charge in [0.1, 0.15) is 0 Å². The zero-order valence-corrected chi connectivity index (χ0v) is 14.6. The molecule has 1 aromatic carbocycles. The maximum atomic E-state index is 12.4. The first-order valence-electron chi connectivity index (χ1n) is 8.44. The summed E-state index contributed by atoms with van der Waals surface area (Å²) in [5, 5.41) is 8.73. The number of carbonyl (C=O) groups is 1. The first-order valence-corrected chi connectivity index (χ1v) is 8.82. The van der Waals surface area contributed by atoms with E-state index in [-0.39, 0.29) is 11.8 Å². The van der Waals surface area contributed by atoms with Crippen molar-refractivity contribution in [1.29, 1.82) is 0 Å². The smallest absolute Gasteiger partial charge is 0.222 e. The molecular formula is C18H22ClN3O2. The molecule has 0 radical (unpaired) electrons. The third-order valence-electron chi connectivity index (χ3n) is 4.48. The molecule has 2 aromatic rings. The number of hydrogen-bond donors (Lipinski definition) is 0. The summed E-state index contributed by atoms with van der Waals surface area (Å²) >= 11 is 5.98. The summed E-state index contributed by atoms with van der Waals surface area (Å²) in [5.41, 5.74) is 1.18. The molecule has 1 fully saturated rings. The molecule has 0 spiro atoms. The van der Waals surface area contributed by atoms with Crippen molar-refractivity contribution in [2.75, 3.05) is 13.1 Å². The van der Waals surface area contributed by atoms with E-state index >= 15 is 0 Å². The second kappa shape index (κ2) is 7.79. The van der Waals surface area contributed by atoms with Crippen LogP contribution in [0.15, 0.2) is 28.7 Å². The SMILES string of the molecule is Cc1nnc(C2CCN(C(=O)CCCc3cccc(Cl)c3)CC2)o1. The number of likely N-dealkylation sites (tertiary alicyclic amines) is 1. The van der Waals surface area contributed by atoms with Crippen LogP contribution in [-0.4, -0.2) is 34.1 Å². The largest absolute Gasteiger partial charge is 0.425 e. The average Bonchev–Trinajstić information content (AvgIpc) is 3.01. The van der Waals surface area contributed by atoms with Gasteiger partial charge in [0.2, 0.25) is 17.7 Å². The van der Waals surface area contributed by atoms with Crippen LogP contribution in [0.4, 0.5) is 0 Å². The Morgan fingerprint density at radius 2 is 2.12 bits per heavy atom. The number of amides is 1. The average molecular weight is 348 g/mol. The van der Waals surface area contributed by atoms with Crippen molar-refractivity contribution in [3.8, 4) is 0 Å². The molecule has 0 unspecified atom stereocenters. The molecule has 1 aromatic heterocycles. The minimum atomic E-state index is 0.234. The summed E-state index contributed by atoms with van der Waals surface area (Å²) in [6.45, 7) is 3.33. The zero-order chi connectivity index (χ0) is 16.9. The van der Waals surface area contributed by atoms with E-state index in [2.05, 4.69) is 10.2 Å². The van der Waals surface area contributed by atoms with Gasteiger partial charge in [-0.15, -0.1) is 10.2 Å². The summed E-state index contributed by atoms with van der Waals surface area (Å²) in [7, 11) is 0. The third kappa shape index (κ3) is 4.35. The predicted molar refractivity (Wildman–Crippen MR) is 92.0 cm³/mol. The van der Waals surface area contributed by atoms with Gasteiger partial charge in [-0.1, -0.05) is 23.7 Å². The molecule has 0 aliphatic carbocycles. The number of hydrogen-bond acceptors (Lipinski definition) is 4. The van der Waals surface area contributed by atoms with Crippen LogP contribution in [0.5, 0.6) is 0 Å². The fraction of sp³-hybridized carbons (Fsp3) is 0.500. The number of rotatable bonds is 5. The molecule has 3 rings (SSSR count). The Labute approximate surface area is 147 Å². The molecule has 1 amide bonds. The molecular weight excluding hydrogens is 326 g/mol. The summed E-state index contributed by atoms with van der Waals surface area (Å²) < 4.78 is 5.51. The van der Waals surface area contributed by atoms with Gasteiger partial charge in [-0.3, -0.25) is 4.79 Å². The molecule has 0 saturated carbocycles. The molecule has 6 heteroatoms. The molecule has 128 valence electrons. The van der Waals surface area contributed by atoms with E-state index < -0.39 is 0 Å². The van der Waals surface area contributed by atoms with Crippen molar-refractivity contribution in [3.05, 3.63) is 46.6 Å². The first kappa shape index (κ1) is 17.0. The Hall–Kier alpha value is -1.88. The lowest BCUT2D eigenvalue weighted by Gasteiger charge is -2.30. The van der Waals surface area contributed by atoms with Crippen molar-refractivity contribution >= 4 is 17.5 Å². The van der Waals surface area contributed by atoms with Gasteiger partial charge < -0.3 is 9.32 Å². The quantitative estimate of drug-likeness (QED) is 0.826. The number of benzene rings is 1. The normalized spacial score (nSPS) is 15.7. The maximum Gasteiger partial charge on any atom is 0.222 e. The predicted octanol–water partition coefficient (Wildman–Crippen LogP) is 3.76. The van der Waals surface area contributed by atoms with Gasteiger partial charge in [0.15, 0.2) is 0 Å². The van der Waals surface area contributed by atoms with E-state index in [1.165, 1.54) is 5.56 Å². The highest BCUT2D eigenvalue weighted by Crippen LogP contribution is 2.27. The maximum absolute atomic E-state index is 12.4. The van der Waals surface area contributed by atoms with E-state index in [0.717, 1.165) is 43.8 Å². The second-order valence-electron chi connectivity index (χ2n) is 6.30. The standard InChI is InChI=1S/C18H22ClN3O2/c1-13-20-21-18(24-13)15-8-10-22(11-9-15)17(23)7-3-5-14-4-2-6-16(19)12-14/h2,4,6,12,15H,3,5,7-11H2,1H3. The number of carbonyl (C=O) groups excluding carboxylic acids is 1. The van der Waals surface area contributed by atoms with Crippen LogP contribution >= 0.6 is 11.6 Å². The molecule has 0 N–H and O–H groups in total. The van der Waals surface area contributed by atoms with Crippen LogP contribution in [0.25, 0.3) is 0 Å². The topological polar surface area (TPSA) is 59.2 Å². The fourth-order valence-electron chi connectivity index (χ4n) is 3.15. The summed E-state index contributed by atoms with van der Waals surface area (Å²) in [6, 6.07) is 7.83. The van der Waals surface area contributed by atoms with Gasteiger partial charge in [-0.2, -0.15) is 0 Å². The molecule has 5 nitrogen and oxygen atoms in total. The number of piperidine rings is 1. The lowest BCUT2D eigenvalue weighted by Crippen LogP contribution is -2.37. The number of aromatic nitrogens is 2. The molecule has 1 aliphatic rings. The van der Waals surface area contributed by atoms with Crippen LogP contribution in [0.1, 0.15) is 48.9 Å². The van der Waals surface area contributed by atoms with Crippen LogP contribution in [-0.2, 0) is 11.2 Å². The highest BCUT2D eigenvalue weighted by atomic mass is 35.5. The Kier molecular flexibility index (Phi) is 5.51. The van der Waals surface area contributed by atoms with Crippen LogP contribution in [0.3, 0.4) is 0 Å². The number of aryl methyl sites for hydroxylation is 2. The minimum Gasteiger partial charge on any atom is -0.425 e. The van der Waals surface area contributed by atoms with Crippen molar-refractivity contribution in [2.24, 2.45) is 0 Å². The summed E-state index contributed by atoms with van der Waals surface area (Å²) in [4.78, 5) is 14.3. The lowest BCUT2D eigenvalue weighted by atomic mass is 9.96. The van der Waals surface area contributed by atoms with Gasteiger partial charge in [0.05, 0.1) is 0 Å². The fourth-order valence-corrected chi connectivity index (χ4v) is 3.36. The molecule has 1 aliphatic heterocycles. The molecule has 0 atom stereocenters. The van der Waals surface area contributed by atoms with E-state index in [0.29, 0.717) is 18.2 Å². The molecule has 24 heavy (non-hydrogen) atoms. The monoisotopic (exact) mass is 347 g/mol. The van der Waals surface area contributed by atoms with Gasteiger partial charge >= 0.3 is 0 Å². The van der Waals surface area contributed by atoms with E-state index in [1.807, 2.05) is 29.2 Å². The number of halogens is 1. The Morgan fingerprint density at radius 1 is 1.33 bits per heavy atom. The van der Waals surface area contributed by atoms with Gasteiger partial charge in [0.25, 0.3) is 0 Å². The number of nitrogens with zero attached hydrogens (tertiary/aromatic N) is 3. The minimum absolute atomic E-state index is 0.234. The van der Waals surface area contributed by atoms with Crippen molar-refractivity contribution < 1.29 is 9.21 Å². The van der Waals surface area contributed by atoms with E-state index in [4.69, 9.17) is 16.0 Å². The highest BCUT2D eigenvalue weighted by Gasteiger charge is 2.26. The lowest BCUT2D eigenvalue weighted by molar-refractivity contribution is -0.132. The Bertz CT molecular complexity index is 693. The third-order valence-corrected chi connectivity index (χ3v) is 4.72. The van der Waals surface area contributed by atoms with E-state index in [9.17, 15) is 4.79 Å². The highest BCUT2D eigenvalue weighted by molar-refractivity contribution is 6.30. The van der Waals surface area contributed by atoms with Crippen LogP contribution in [0.2, 0.25) is 5.02 Å². The zero-order valence-electron chi connectivity index (χ0n) is 13.9. The first-order chi connectivity index (χ1) is 11.6. The van der Waals surface area contributed by atoms with Crippen LogP contribution < -0.4 is 0 Å².